The molecule has 0 radical (unpaired) electrons. The summed E-state index contributed by atoms with van der Waals surface area (Å²) in [6.07, 6.45) is 0. The van der Waals surface area contributed by atoms with E-state index in [1.807, 2.05) is 0 Å². The van der Waals surface area contributed by atoms with Gasteiger partial charge in [-0.15, -0.1) is 0 Å². The molecular formula is C12H29N3. The van der Waals surface area contributed by atoms with Gasteiger partial charge in [-0.3, -0.25) is 4.90 Å². The molecule has 0 amide bonds. The van der Waals surface area contributed by atoms with Crippen LogP contribution in [0.1, 0.15) is 34.6 Å². The van der Waals surface area contributed by atoms with E-state index >= 15 is 0 Å². The lowest BCUT2D eigenvalue weighted by Gasteiger charge is -2.36. The third kappa shape index (κ3) is 6.13. The smallest absolute Gasteiger partial charge is 0.0126 e. The van der Waals surface area contributed by atoms with Crippen molar-refractivity contribution >= 4 is 0 Å². The lowest BCUT2D eigenvalue weighted by Crippen LogP contribution is -2.47. The topological polar surface area (TPSA) is 32.5 Å². The van der Waals surface area contributed by atoms with Crippen molar-refractivity contribution in [3.63, 3.8) is 0 Å². The zero-order valence-corrected chi connectivity index (χ0v) is 11.2. The van der Waals surface area contributed by atoms with Gasteiger partial charge in [-0.05, 0) is 33.9 Å². The average molecular weight is 215 g/mol. The number of nitrogens with two attached hydrogens (primary N) is 1. The van der Waals surface area contributed by atoms with Gasteiger partial charge in [0.25, 0.3) is 0 Å². The van der Waals surface area contributed by atoms with Gasteiger partial charge in [-0.1, -0.05) is 13.8 Å². The summed E-state index contributed by atoms with van der Waals surface area (Å²) in [5.74, 6) is 0. The monoisotopic (exact) mass is 215 g/mol. The van der Waals surface area contributed by atoms with Gasteiger partial charge in [-0.25, -0.2) is 0 Å². The van der Waals surface area contributed by atoms with Crippen LogP contribution in [0.2, 0.25) is 0 Å². The summed E-state index contributed by atoms with van der Waals surface area (Å²) in [5.41, 5.74) is 5.87. The van der Waals surface area contributed by atoms with Crippen molar-refractivity contribution in [2.45, 2.75) is 40.2 Å². The molecule has 0 atom stereocenters. The molecule has 92 valence electrons. The van der Waals surface area contributed by atoms with Crippen LogP contribution >= 0.6 is 0 Å². The van der Waals surface area contributed by atoms with Crippen molar-refractivity contribution in [2.24, 2.45) is 5.73 Å². The molecule has 0 aliphatic rings. The molecule has 2 N–H and O–H groups in total. The third-order valence-electron chi connectivity index (χ3n) is 2.93. The Morgan fingerprint density at radius 1 is 0.933 bits per heavy atom. The Hall–Kier alpha value is -0.120. The number of nitrogens with zero attached hydrogens (tertiary/aromatic N) is 2. The molecule has 0 fully saturated rings. The van der Waals surface area contributed by atoms with Gasteiger partial charge in [-0.2, -0.15) is 0 Å². The second kappa shape index (κ2) is 7.20. The Morgan fingerprint density at radius 2 is 1.47 bits per heavy atom. The van der Waals surface area contributed by atoms with Gasteiger partial charge >= 0.3 is 0 Å². The number of hydrogen-bond acceptors (Lipinski definition) is 3. The molecule has 0 saturated carbocycles. The summed E-state index contributed by atoms with van der Waals surface area (Å²) in [4.78, 5) is 4.92. The summed E-state index contributed by atoms with van der Waals surface area (Å²) >= 11 is 0. The van der Waals surface area contributed by atoms with Crippen LogP contribution in [-0.4, -0.2) is 54.6 Å². The van der Waals surface area contributed by atoms with E-state index in [1.165, 1.54) is 0 Å². The minimum Gasteiger partial charge on any atom is -0.329 e. The fourth-order valence-electron chi connectivity index (χ4n) is 1.74. The van der Waals surface area contributed by atoms with Crippen molar-refractivity contribution in [3.05, 3.63) is 0 Å². The van der Waals surface area contributed by atoms with Gasteiger partial charge in [0.2, 0.25) is 0 Å². The van der Waals surface area contributed by atoms with Crippen molar-refractivity contribution in [1.29, 1.82) is 0 Å². The SMILES string of the molecule is CCN(CC)CCN(CCN)C(C)(C)C. The minimum absolute atomic E-state index is 0.229. The molecule has 0 heterocycles. The van der Waals surface area contributed by atoms with E-state index in [2.05, 4.69) is 44.4 Å². The molecule has 0 spiro atoms. The highest BCUT2D eigenvalue weighted by molar-refractivity contribution is 4.77. The van der Waals surface area contributed by atoms with Crippen LogP contribution in [0.3, 0.4) is 0 Å². The van der Waals surface area contributed by atoms with Gasteiger partial charge in [0.05, 0.1) is 0 Å². The molecule has 0 rings (SSSR count). The third-order valence-corrected chi connectivity index (χ3v) is 2.93. The van der Waals surface area contributed by atoms with E-state index in [0.717, 1.165) is 39.3 Å². The first-order valence-corrected chi connectivity index (χ1v) is 6.13. The van der Waals surface area contributed by atoms with Crippen molar-refractivity contribution in [2.75, 3.05) is 39.3 Å². The molecule has 0 aromatic heterocycles. The second-order valence-electron chi connectivity index (χ2n) is 4.97. The maximum absolute atomic E-state index is 5.64. The summed E-state index contributed by atoms with van der Waals surface area (Å²) in [6, 6.07) is 0. The largest absolute Gasteiger partial charge is 0.329 e. The van der Waals surface area contributed by atoms with E-state index in [9.17, 15) is 0 Å². The molecule has 3 heteroatoms. The normalized spacial score (nSPS) is 12.8. The van der Waals surface area contributed by atoms with Crippen LogP contribution in [0.5, 0.6) is 0 Å². The van der Waals surface area contributed by atoms with Crippen molar-refractivity contribution in [3.8, 4) is 0 Å². The lowest BCUT2D eigenvalue weighted by molar-refractivity contribution is 0.121. The Bertz CT molecular complexity index is 147. The molecular weight excluding hydrogens is 186 g/mol. The van der Waals surface area contributed by atoms with Gasteiger partial charge in [0.1, 0.15) is 0 Å². The summed E-state index contributed by atoms with van der Waals surface area (Å²) in [6.45, 7) is 17.5. The Morgan fingerprint density at radius 3 is 1.80 bits per heavy atom. The van der Waals surface area contributed by atoms with Crippen LogP contribution in [0.25, 0.3) is 0 Å². The first kappa shape index (κ1) is 14.9. The van der Waals surface area contributed by atoms with Crippen molar-refractivity contribution in [1.82, 2.24) is 9.80 Å². The minimum atomic E-state index is 0.229. The average Bonchev–Trinajstić information content (AvgIpc) is 2.16. The quantitative estimate of drug-likeness (QED) is 0.696. The van der Waals surface area contributed by atoms with E-state index in [-0.39, 0.29) is 5.54 Å². The van der Waals surface area contributed by atoms with Crippen LogP contribution in [0.15, 0.2) is 0 Å². The number of hydrogen-bond donors (Lipinski definition) is 1. The maximum Gasteiger partial charge on any atom is 0.0126 e. The molecule has 15 heavy (non-hydrogen) atoms. The first-order valence-electron chi connectivity index (χ1n) is 6.13. The summed E-state index contributed by atoms with van der Waals surface area (Å²) in [5, 5.41) is 0. The summed E-state index contributed by atoms with van der Waals surface area (Å²) in [7, 11) is 0. The highest BCUT2D eigenvalue weighted by Gasteiger charge is 2.20. The predicted octanol–water partition coefficient (Wildman–Crippen LogP) is 1.39. The molecule has 0 unspecified atom stereocenters. The molecule has 0 aliphatic carbocycles. The zero-order valence-electron chi connectivity index (χ0n) is 11.2. The van der Waals surface area contributed by atoms with Crippen LogP contribution in [0.4, 0.5) is 0 Å². The fraction of sp³-hybridized carbons (Fsp3) is 1.00. The van der Waals surface area contributed by atoms with E-state index in [0.29, 0.717) is 0 Å². The zero-order chi connectivity index (χ0) is 11.9. The molecule has 0 aromatic carbocycles. The first-order chi connectivity index (χ1) is 6.95. The Labute approximate surface area is 95.6 Å². The molecule has 0 aromatic rings. The maximum atomic E-state index is 5.64. The van der Waals surface area contributed by atoms with E-state index in [4.69, 9.17) is 5.73 Å². The fourth-order valence-corrected chi connectivity index (χ4v) is 1.74. The standard InChI is InChI=1S/C12H29N3/c1-6-14(7-2)10-11-15(9-8-13)12(3,4)5/h6-11,13H2,1-5H3. The highest BCUT2D eigenvalue weighted by Crippen LogP contribution is 2.11. The molecule has 0 bridgehead atoms. The number of likely N-dealkylation sites (N-methyl/N-ethyl adjacent to an activating group) is 1. The Kier molecular flexibility index (Phi) is 7.14. The van der Waals surface area contributed by atoms with Crippen LogP contribution in [-0.2, 0) is 0 Å². The van der Waals surface area contributed by atoms with Crippen LogP contribution in [0, 0.1) is 0 Å². The highest BCUT2D eigenvalue weighted by atomic mass is 15.2. The molecule has 3 nitrogen and oxygen atoms in total. The van der Waals surface area contributed by atoms with E-state index < -0.39 is 0 Å². The van der Waals surface area contributed by atoms with Crippen LogP contribution < -0.4 is 5.73 Å². The number of rotatable bonds is 7. The molecule has 0 aliphatic heterocycles. The summed E-state index contributed by atoms with van der Waals surface area (Å²) < 4.78 is 0. The lowest BCUT2D eigenvalue weighted by atomic mass is 10.1. The van der Waals surface area contributed by atoms with E-state index in [1.54, 1.807) is 0 Å². The van der Waals surface area contributed by atoms with Gasteiger partial charge in [0, 0.05) is 31.7 Å². The predicted molar refractivity (Wildman–Crippen MR) is 68.2 cm³/mol. The Balaban J connectivity index is 4.06. The van der Waals surface area contributed by atoms with Crippen molar-refractivity contribution < 1.29 is 0 Å². The van der Waals surface area contributed by atoms with Gasteiger partial charge < -0.3 is 10.6 Å². The molecule has 0 saturated heterocycles. The second-order valence-corrected chi connectivity index (χ2v) is 4.97. The van der Waals surface area contributed by atoms with Gasteiger partial charge in [0.15, 0.2) is 0 Å².